The van der Waals surface area contributed by atoms with Gasteiger partial charge in [0.15, 0.2) is 5.96 Å². The van der Waals surface area contributed by atoms with Gasteiger partial charge in [0.1, 0.15) is 12.0 Å². The lowest BCUT2D eigenvalue weighted by Crippen LogP contribution is -2.42. The molecule has 0 aliphatic heterocycles. The van der Waals surface area contributed by atoms with Gasteiger partial charge >= 0.3 is 0 Å². The van der Waals surface area contributed by atoms with Gasteiger partial charge in [-0.3, -0.25) is 9.67 Å². The average molecular weight is 304 g/mol. The Hall–Kier alpha value is -2.31. The molecule has 0 saturated heterocycles. The van der Waals surface area contributed by atoms with E-state index in [0.29, 0.717) is 6.54 Å². The van der Waals surface area contributed by atoms with Crippen LogP contribution in [0.1, 0.15) is 29.6 Å². The lowest BCUT2D eigenvalue weighted by Gasteiger charge is -2.17. The maximum atomic E-state index is 4.81. The predicted octanol–water partition coefficient (Wildman–Crippen LogP) is 1.32. The molecule has 0 amide bonds. The Morgan fingerprint density at radius 2 is 2.23 bits per heavy atom. The third-order valence-electron chi connectivity index (χ3n) is 3.70. The molecule has 0 radical (unpaired) electrons. The van der Waals surface area contributed by atoms with Crippen LogP contribution >= 0.6 is 0 Å². The van der Waals surface area contributed by atoms with Crippen molar-refractivity contribution in [3.63, 3.8) is 0 Å². The highest BCUT2D eigenvalue weighted by Crippen LogP contribution is 2.14. The Balaban J connectivity index is 1.90. The number of nitrogens with zero attached hydrogens (tertiary/aromatic N) is 4. The number of hydrogen-bond donors (Lipinski definition) is 2. The molecule has 0 aliphatic rings. The van der Waals surface area contributed by atoms with Crippen LogP contribution < -0.4 is 10.6 Å². The van der Waals surface area contributed by atoms with E-state index in [4.69, 9.17) is 4.52 Å². The lowest BCUT2D eigenvalue weighted by atomic mass is 10.1. The first-order valence-corrected chi connectivity index (χ1v) is 7.36. The summed E-state index contributed by atoms with van der Waals surface area (Å²) in [4.78, 5) is 4.23. The van der Waals surface area contributed by atoms with Gasteiger partial charge in [-0.25, -0.2) is 0 Å². The summed E-state index contributed by atoms with van der Waals surface area (Å²) in [6.07, 6.45) is 2.46. The highest BCUT2D eigenvalue weighted by Gasteiger charge is 2.14. The van der Waals surface area contributed by atoms with Gasteiger partial charge in [0.25, 0.3) is 0 Å². The number of hydrogen-bond acceptors (Lipinski definition) is 4. The van der Waals surface area contributed by atoms with Gasteiger partial charge < -0.3 is 15.2 Å². The number of aliphatic imine (C=N–C) groups is 1. The van der Waals surface area contributed by atoms with E-state index in [2.05, 4.69) is 39.7 Å². The second-order valence-electron chi connectivity index (χ2n) is 5.44. The summed E-state index contributed by atoms with van der Waals surface area (Å²) in [5, 5.41) is 14.9. The summed E-state index contributed by atoms with van der Waals surface area (Å²) in [6, 6.07) is 2.07. The summed E-state index contributed by atoms with van der Waals surface area (Å²) in [5.41, 5.74) is 4.42. The molecule has 0 aliphatic carbocycles. The van der Waals surface area contributed by atoms with Crippen LogP contribution in [-0.2, 0) is 20.0 Å². The highest BCUT2D eigenvalue weighted by atomic mass is 16.5. The van der Waals surface area contributed by atoms with Gasteiger partial charge in [0.05, 0.1) is 12.2 Å². The monoisotopic (exact) mass is 304 g/mol. The van der Waals surface area contributed by atoms with Crippen molar-refractivity contribution in [2.24, 2.45) is 12.0 Å². The molecule has 2 N–H and O–H groups in total. The summed E-state index contributed by atoms with van der Waals surface area (Å²) in [5.74, 6) is 0.745. The van der Waals surface area contributed by atoms with Crippen LogP contribution in [0.3, 0.4) is 0 Å². The third-order valence-corrected chi connectivity index (χ3v) is 3.70. The van der Waals surface area contributed by atoms with E-state index in [1.807, 2.05) is 24.7 Å². The van der Waals surface area contributed by atoms with Crippen molar-refractivity contribution in [3.05, 3.63) is 35.0 Å². The van der Waals surface area contributed by atoms with E-state index in [9.17, 15) is 0 Å². The highest BCUT2D eigenvalue weighted by molar-refractivity contribution is 5.79. The van der Waals surface area contributed by atoms with Gasteiger partial charge in [-0.1, -0.05) is 5.16 Å². The fraction of sp³-hybridized carbons (Fsp3) is 0.533. The zero-order chi connectivity index (χ0) is 16.1. The predicted molar refractivity (Wildman–Crippen MR) is 85.7 cm³/mol. The van der Waals surface area contributed by atoms with Crippen molar-refractivity contribution < 1.29 is 4.52 Å². The molecule has 0 spiro atoms. The maximum absolute atomic E-state index is 4.81. The molecular formula is C15H24N6O. The van der Waals surface area contributed by atoms with Crippen molar-refractivity contribution in [2.75, 3.05) is 7.05 Å². The zero-order valence-corrected chi connectivity index (χ0v) is 13.8. The van der Waals surface area contributed by atoms with Crippen LogP contribution in [0.4, 0.5) is 0 Å². The molecule has 0 fully saturated rings. The summed E-state index contributed by atoms with van der Waals surface area (Å²) < 4.78 is 6.74. The van der Waals surface area contributed by atoms with Gasteiger partial charge in [-0.05, 0) is 32.8 Å². The molecule has 2 aromatic rings. The van der Waals surface area contributed by atoms with Crippen molar-refractivity contribution >= 4 is 5.96 Å². The molecule has 2 heterocycles. The largest absolute Gasteiger partial charge is 0.364 e. The molecule has 0 saturated carbocycles. The van der Waals surface area contributed by atoms with Crippen LogP contribution in [-0.4, -0.2) is 34.0 Å². The molecule has 0 aromatic carbocycles. The minimum absolute atomic E-state index is 0.241. The van der Waals surface area contributed by atoms with Crippen molar-refractivity contribution in [1.29, 1.82) is 0 Å². The van der Waals surface area contributed by atoms with E-state index in [1.54, 1.807) is 13.3 Å². The molecule has 2 aromatic heterocycles. The Morgan fingerprint density at radius 3 is 2.77 bits per heavy atom. The first kappa shape index (κ1) is 16.1. The van der Waals surface area contributed by atoms with Crippen LogP contribution in [0.25, 0.3) is 0 Å². The molecule has 1 unspecified atom stereocenters. The summed E-state index contributed by atoms with van der Waals surface area (Å²) in [7, 11) is 3.73. The number of aryl methyl sites for hydroxylation is 2. The molecule has 22 heavy (non-hydrogen) atoms. The number of nitrogens with one attached hydrogen (secondary N) is 2. The van der Waals surface area contributed by atoms with Crippen LogP contribution in [0.5, 0.6) is 0 Å². The number of guanidine groups is 1. The van der Waals surface area contributed by atoms with E-state index < -0.39 is 0 Å². The summed E-state index contributed by atoms with van der Waals surface area (Å²) in [6.45, 7) is 6.86. The Morgan fingerprint density at radius 1 is 1.45 bits per heavy atom. The number of aromatic nitrogens is 3. The van der Waals surface area contributed by atoms with Crippen molar-refractivity contribution in [2.45, 2.75) is 39.8 Å². The van der Waals surface area contributed by atoms with Gasteiger partial charge in [-0.2, -0.15) is 5.10 Å². The minimum Gasteiger partial charge on any atom is -0.364 e. The second kappa shape index (κ2) is 7.11. The molecule has 120 valence electrons. The Bertz CT molecular complexity index is 629. The van der Waals surface area contributed by atoms with Crippen molar-refractivity contribution in [3.8, 4) is 0 Å². The van der Waals surface area contributed by atoms with E-state index in [1.165, 1.54) is 11.3 Å². The first-order chi connectivity index (χ1) is 10.5. The Labute approximate surface area is 130 Å². The van der Waals surface area contributed by atoms with Crippen LogP contribution in [0, 0.1) is 13.8 Å². The molecule has 7 nitrogen and oxygen atoms in total. The fourth-order valence-corrected chi connectivity index (χ4v) is 2.40. The molecule has 7 heteroatoms. The molecular weight excluding hydrogens is 280 g/mol. The smallest absolute Gasteiger partial charge is 0.191 e. The quantitative estimate of drug-likeness (QED) is 0.643. The zero-order valence-electron chi connectivity index (χ0n) is 13.8. The van der Waals surface area contributed by atoms with Crippen molar-refractivity contribution in [1.82, 2.24) is 25.6 Å². The molecule has 2 rings (SSSR count). The standard InChI is InChI=1S/C15H24N6O/c1-10(8-14-11(2)19-21(5)12(14)3)18-15(16-4)17-9-13-6-7-22-20-13/h6-7,10H,8-9H2,1-5H3,(H2,16,17,18). The van der Waals surface area contributed by atoms with Crippen LogP contribution in [0.15, 0.2) is 21.8 Å². The SMILES string of the molecule is CN=C(NCc1ccon1)NC(C)Cc1c(C)nn(C)c1C. The van der Waals surface area contributed by atoms with E-state index in [-0.39, 0.29) is 6.04 Å². The Kier molecular flexibility index (Phi) is 5.19. The number of rotatable bonds is 5. The third kappa shape index (κ3) is 3.87. The minimum atomic E-state index is 0.241. The average Bonchev–Trinajstić information content (AvgIpc) is 3.08. The maximum Gasteiger partial charge on any atom is 0.191 e. The van der Waals surface area contributed by atoms with Gasteiger partial charge in [0.2, 0.25) is 0 Å². The van der Waals surface area contributed by atoms with E-state index in [0.717, 1.165) is 23.8 Å². The van der Waals surface area contributed by atoms with Gasteiger partial charge in [-0.15, -0.1) is 0 Å². The van der Waals surface area contributed by atoms with E-state index >= 15 is 0 Å². The molecule has 1 atom stereocenters. The van der Waals surface area contributed by atoms with Crippen LogP contribution in [0.2, 0.25) is 0 Å². The second-order valence-corrected chi connectivity index (χ2v) is 5.44. The molecule has 0 bridgehead atoms. The lowest BCUT2D eigenvalue weighted by molar-refractivity contribution is 0.410. The normalized spacial score (nSPS) is 13.2. The first-order valence-electron chi connectivity index (χ1n) is 7.36. The topological polar surface area (TPSA) is 80.3 Å². The van der Waals surface area contributed by atoms with Gasteiger partial charge in [0, 0.05) is 31.9 Å². The fourth-order valence-electron chi connectivity index (χ4n) is 2.40. The summed E-state index contributed by atoms with van der Waals surface area (Å²) >= 11 is 0.